The predicted octanol–water partition coefficient (Wildman–Crippen LogP) is 3.24. The molecule has 33 heavy (non-hydrogen) atoms. The first-order valence-corrected chi connectivity index (χ1v) is 11.6. The highest BCUT2D eigenvalue weighted by atomic mass is 35.5. The second-order valence-corrected chi connectivity index (χ2v) is 8.99. The Bertz CT molecular complexity index is 1020. The number of carbonyl (C=O) groups is 3. The molecule has 4 rings (SSSR count). The molecule has 0 radical (unpaired) electrons. The standard InChI is InChI=1S/C25H27ClFN3O3/c26-22-16-20(27)8-9-21(22)25(33)29-13-11-28(12-14-29)24(32)19-7-4-10-30(17-19)23(31)15-18-5-2-1-3-6-18/h1-3,5-6,8-9,16,19H,4,7,10-15,17H2. The van der Waals surface area contributed by atoms with Gasteiger partial charge in [0.1, 0.15) is 5.82 Å². The number of hydrogen-bond donors (Lipinski definition) is 0. The Labute approximate surface area is 197 Å². The molecule has 174 valence electrons. The van der Waals surface area contributed by atoms with Crippen LogP contribution in [-0.2, 0) is 16.0 Å². The zero-order valence-electron chi connectivity index (χ0n) is 18.4. The van der Waals surface area contributed by atoms with E-state index in [2.05, 4.69) is 0 Å². The van der Waals surface area contributed by atoms with Crippen molar-refractivity contribution in [3.63, 3.8) is 0 Å². The highest BCUT2D eigenvalue weighted by molar-refractivity contribution is 6.33. The van der Waals surface area contributed by atoms with Crippen molar-refractivity contribution in [3.05, 3.63) is 70.5 Å². The number of amides is 3. The lowest BCUT2D eigenvalue weighted by Gasteiger charge is -2.39. The Morgan fingerprint density at radius 2 is 1.61 bits per heavy atom. The van der Waals surface area contributed by atoms with Gasteiger partial charge in [0, 0.05) is 39.3 Å². The van der Waals surface area contributed by atoms with Crippen molar-refractivity contribution in [1.82, 2.24) is 14.7 Å². The van der Waals surface area contributed by atoms with Crippen LogP contribution in [0.1, 0.15) is 28.8 Å². The molecule has 1 unspecified atom stereocenters. The highest BCUT2D eigenvalue weighted by Gasteiger charge is 2.33. The number of hydrogen-bond acceptors (Lipinski definition) is 3. The molecule has 2 fully saturated rings. The van der Waals surface area contributed by atoms with Gasteiger partial charge < -0.3 is 14.7 Å². The Hall–Kier alpha value is -2.93. The normalized spacial score (nSPS) is 18.8. The maximum absolute atomic E-state index is 13.3. The summed E-state index contributed by atoms with van der Waals surface area (Å²) < 4.78 is 13.3. The van der Waals surface area contributed by atoms with Gasteiger partial charge in [-0.3, -0.25) is 14.4 Å². The van der Waals surface area contributed by atoms with Gasteiger partial charge in [0.05, 0.1) is 22.9 Å². The SMILES string of the molecule is O=C(Cc1ccccc1)N1CCCC(C(=O)N2CCN(C(=O)c3ccc(F)cc3Cl)CC2)C1. The fraction of sp³-hybridized carbons (Fsp3) is 0.400. The van der Waals surface area contributed by atoms with Crippen LogP contribution in [0.5, 0.6) is 0 Å². The van der Waals surface area contributed by atoms with Crippen LogP contribution >= 0.6 is 11.6 Å². The number of nitrogens with zero attached hydrogens (tertiary/aromatic N) is 3. The van der Waals surface area contributed by atoms with Crippen molar-refractivity contribution in [1.29, 1.82) is 0 Å². The topological polar surface area (TPSA) is 60.9 Å². The van der Waals surface area contributed by atoms with Gasteiger partial charge in [0.2, 0.25) is 11.8 Å². The number of likely N-dealkylation sites (tertiary alicyclic amines) is 1. The van der Waals surface area contributed by atoms with Crippen LogP contribution in [0.15, 0.2) is 48.5 Å². The molecule has 0 aromatic heterocycles. The number of piperidine rings is 1. The minimum atomic E-state index is -0.490. The summed E-state index contributed by atoms with van der Waals surface area (Å²) in [6.07, 6.45) is 1.91. The first-order valence-electron chi connectivity index (χ1n) is 11.3. The molecule has 0 spiro atoms. The third-order valence-corrected chi connectivity index (χ3v) is 6.67. The molecule has 0 saturated carbocycles. The van der Waals surface area contributed by atoms with Crippen molar-refractivity contribution < 1.29 is 18.8 Å². The summed E-state index contributed by atoms with van der Waals surface area (Å²) in [5.74, 6) is -0.880. The molecule has 2 saturated heterocycles. The van der Waals surface area contributed by atoms with Crippen LogP contribution in [-0.4, -0.2) is 71.7 Å². The average molecular weight is 472 g/mol. The van der Waals surface area contributed by atoms with Crippen LogP contribution in [0.3, 0.4) is 0 Å². The van der Waals surface area contributed by atoms with Gasteiger partial charge >= 0.3 is 0 Å². The lowest BCUT2D eigenvalue weighted by molar-refractivity contribution is -0.141. The summed E-state index contributed by atoms with van der Waals surface area (Å²) in [4.78, 5) is 43.8. The second-order valence-electron chi connectivity index (χ2n) is 8.58. The van der Waals surface area contributed by atoms with Crippen LogP contribution < -0.4 is 0 Å². The third kappa shape index (κ3) is 5.53. The van der Waals surface area contributed by atoms with Crippen LogP contribution in [0.2, 0.25) is 5.02 Å². The molecule has 1 atom stereocenters. The Balaban J connectivity index is 1.30. The van der Waals surface area contributed by atoms with E-state index >= 15 is 0 Å². The number of benzene rings is 2. The molecular formula is C25H27ClFN3O3. The molecule has 6 nitrogen and oxygen atoms in total. The maximum atomic E-state index is 13.3. The van der Waals surface area contributed by atoms with E-state index in [1.54, 1.807) is 14.7 Å². The summed E-state index contributed by atoms with van der Waals surface area (Å²) in [5.41, 5.74) is 1.23. The zero-order chi connectivity index (χ0) is 23.4. The van der Waals surface area contributed by atoms with Gasteiger partial charge in [0.15, 0.2) is 0 Å². The Kier molecular flexibility index (Phi) is 7.28. The third-order valence-electron chi connectivity index (χ3n) is 6.36. The van der Waals surface area contributed by atoms with E-state index in [9.17, 15) is 18.8 Å². The summed E-state index contributed by atoms with van der Waals surface area (Å²) in [6, 6.07) is 13.4. The molecular weight excluding hydrogens is 445 g/mol. The minimum Gasteiger partial charge on any atom is -0.342 e. The summed E-state index contributed by atoms with van der Waals surface area (Å²) in [6.45, 7) is 2.75. The van der Waals surface area contributed by atoms with Gasteiger partial charge in [-0.15, -0.1) is 0 Å². The van der Waals surface area contributed by atoms with E-state index < -0.39 is 5.82 Å². The molecule has 0 bridgehead atoms. The van der Waals surface area contributed by atoms with Crippen molar-refractivity contribution in [2.75, 3.05) is 39.3 Å². The summed E-state index contributed by atoms with van der Waals surface area (Å²) in [7, 11) is 0. The summed E-state index contributed by atoms with van der Waals surface area (Å²) >= 11 is 6.03. The van der Waals surface area contributed by atoms with Crippen molar-refractivity contribution in [3.8, 4) is 0 Å². The quantitative estimate of drug-likeness (QED) is 0.687. The van der Waals surface area contributed by atoms with Gasteiger partial charge in [-0.25, -0.2) is 4.39 Å². The highest BCUT2D eigenvalue weighted by Crippen LogP contribution is 2.23. The second kappa shape index (κ2) is 10.3. The van der Waals surface area contributed by atoms with Gasteiger partial charge in [-0.1, -0.05) is 41.9 Å². The minimum absolute atomic E-state index is 0.0409. The lowest BCUT2D eigenvalue weighted by Crippen LogP contribution is -2.54. The molecule has 2 aliphatic rings. The largest absolute Gasteiger partial charge is 0.342 e. The number of piperazine rings is 1. The zero-order valence-corrected chi connectivity index (χ0v) is 19.1. The summed E-state index contributed by atoms with van der Waals surface area (Å²) in [5, 5.41) is 0.0842. The van der Waals surface area contributed by atoms with Crippen molar-refractivity contribution >= 4 is 29.3 Å². The van der Waals surface area contributed by atoms with Crippen LogP contribution in [0.4, 0.5) is 4.39 Å². The first kappa shape index (κ1) is 23.2. The molecule has 8 heteroatoms. The van der Waals surface area contributed by atoms with E-state index in [-0.39, 0.29) is 34.2 Å². The smallest absolute Gasteiger partial charge is 0.255 e. The monoisotopic (exact) mass is 471 g/mol. The van der Waals surface area contributed by atoms with E-state index in [0.717, 1.165) is 24.5 Å². The van der Waals surface area contributed by atoms with Crippen molar-refractivity contribution in [2.45, 2.75) is 19.3 Å². The van der Waals surface area contributed by atoms with E-state index in [4.69, 9.17) is 11.6 Å². The molecule has 3 amide bonds. The fourth-order valence-corrected chi connectivity index (χ4v) is 4.76. The van der Waals surface area contributed by atoms with E-state index in [0.29, 0.717) is 45.7 Å². The average Bonchev–Trinajstić information content (AvgIpc) is 2.84. The van der Waals surface area contributed by atoms with Gasteiger partial charge in [0.25, 0.3) is 5.91 Å². The molecule has 0 aliphatic carbocycles. The van der Waals surface area contributed by atoms with Gasteiger partial charge in [-0.05, 0) is 36.6 Å². The molecule has 0 N–H and O–H groups in total. The van der Waals surface area contributed by atoms with Crippen molar-refractivity contribution in [2.24, 2.45) is 5.92 Å². The van der Waals surface area contributed by atoms with Crippen LogP contribution in [0.25, 0.3) is 0 Å². The Morgan fingerprint density at radius 3 is 2.30 bits per heavy atom. The number of carbonyl (C=O) groups excluding carboxylic acids is 3. The molecule has 2 heterocycles. The molecule has 2 aromatic rings. The fourth-order valence-electron chi connectivity index (χ4n) is 4.51. The number of halogens is 2. The van der Waals surface area contributed by atoms with E-state index in [1.165, 1.54) is 12.1 Å². The Morgan fingerprint density at radius 1 is 0.909 bits per heavy atom. The maximum Gasteiger partial charge on any atom is 0.255 e. The number of rotatable bonds is 4. The van der Waals surface area contributed by atoms with Crippen LogP contribution in [0, 0.1) is 11.7 Å². The molecule has 2 aromatic carbocycles. The van der Waals surface area contributed by atoms with E-state index in [1.807, 2.05) is 30.3 Å². The van der Waals surface area contributed by atoms with Gasteiger partial charge in [-0.2, -0.15) is 0 Å². The first-order chi connectivity index (χ1) is 15.9. The predicted molar refractivity (Wildman–Crippen MR) is 123 cm³/mol. The molecule has 2 aliphatic heterocycles. The lowest BCUT2D eigenvalue weighted by atomic mass is 9.95.